The minimum Gasteiger partial charge on any atom is -0.423 e. The minimum absolute atomic E-state index is 0.0622. The molecule has 31 heavy (non-hydrogen) atoms. The molecule has 0 bridgehead atoms. The number of sulfonamides is 1. The summed E-state index contributed by atoms with van der Waals surface area (Å²) >= 11 is 0. The van der Waals surface area contributed by atoms with E-state index in [1.54, 1.807) is 24.3 Å². The summed E-state index contributed by atoms with van der Waals surface area (Å²) in [5.74, 6) is 0. The lowest BCUT2D eigenvalue weighted by Crippen LogP contribution is -2.30. The number of nitrogens with two attached hydrogens (primary N) is 1. The first-order chi connectivity index (χ1) is 14.8. The molecule has 1 fully saturated rings. The predicted octanol–water partition coefficient (Wildman–Crippen LogP) is 1.37. The normalized spacial score (nSPS) is 18.0. The number of fused-ring (bicyclic) bond motifs is 1. The van der Waals surface area contributed by atoms with E-state index in [1.165, 1.54) is 18.6 Å². The van der Waals surface area contributed by atoms with Gasteiger partial charge in [-0.1, -0.05) is 25.3 Å². The van der Waals surface area contributed by atoms with Gasteiger partial charge < -0.3 is 15.4 Å². The predicted molar refractivity (Wildman–Crippen MR) is 122 cm³/mol. The average Bonchev–Trinajstić information content (AvgIpc) is 3.12. The lowest BCUT2D eigenvalue weighted by atomic mass is 9.79. The first-order valence-electron chi connectivity index (χ1n) is 10.3. The van der Waals surface area contributed by atoms with E-state index >= 15 is 0 Å². The maximum absolute atomic E-state index is 13.1. The Hall–Kier alpha value is -1.92. The van der Waals surface area contributed by atoms with Crippen LogP contribution in [-0.4, -0.2) is 30.0 Å². The van der Waals surface area contributed by atoms with Crippen LogP contribution < -0.4 is 20.6 Å². The molecule has 1 heterocycles. The number of nitrogen functional groups attached to an aromatic ring is 1. The van der Waals surface area contributed by atoms with Gasteiger partial charge in [-0.05, 0) is 59.8 Å². The summed E-state index contributed by atoms with van der Waals surface area (Å²) in [6.45, 7) is 0.413. The number of rotatable bonds is 7. The van der Waals surface area contributed by atoms with Crippen molar-refractivity contribution in [2.45, 2.75) is 55.4 Å². The second-order valence-electron chi connectivity index (χ2n) is 7.93. The van der Waals surface area contributed by atoms with Crippen molar-refractivity contribution in [3.05, 3.63) is 47.5 Å². The van der Waals surface area contributed by atoms with Crippen molar-refractivity contribution in [1.29, 1.82) is 0 Å². The molecule has 2 aliphatic rings. The fourth-order valence-electron chi connectivity index (χ4n) is 4.03. The van der Waals surface area contributed by atoms with Gasteiger partial charge in [0, 0.05) is 23.2 Å². The quantitative estimate of drug-likeness (QED) is 0.363. The lowest BCUT2D eigenvalue weighted by molar-refractivity contribution is 0.275. The average molecular weight is 463 g/mol. The van der Waals surface area contributed by atoms with E-state index in [9.17, 15) is 17.7 Å². The number of hydrogen-bond acceptors (Lipinski definition) is 6. The Morgan fingerprint density at radius 2 is 1.94 bits per heavy atom. The van der Waals surface area contributed by atoms with Crippen molar-refractivity contribution < 1.29 is 22.3 Å². The van der Waals surface area contributed by atoms with Crippen LogP contribution in [0.4, 0.5) is 11.4 Å². The topological polar surface area (TPSA) is 131 Å². The fraction of sp³-hybridized carbons (Fsp3) is 0.400. The molecule has 1 unspecified atom stereocenters. The monoisotopic (exact) mass is 463 g/mol. The molecule has 2 aromatic rings. The zero-order valence-electron chi connectivity index (χ0n) is 17.0. The zero-order valence-corrected chi connectivity index (χ0v) is 18.7. The molecule has 4 rings (SSSR count). The van der Waals surface area contributed by atoms with Crippen LogP contribution in [0.1, 0.15) is 43.2 Å². The summed E-state index contributed by atoms with van der Waals surface area (Å²) < 4.78 is 49.5. The molecule has 1 aliphatic heterocycles. The van der Waals surface area contributed by atoms with Gasteiger partial charge >= 0.3 is 7.12 Å². The highest BCUT2D eigenvalue weighted by molar-refractivity contribution is 7.92. The summed E-state index contributed by atoms with van der Waals surface area (Å²) in [6, 6.07) is 9.48. The van der Waals surface area contributed by atoms with Crippen LogP contribution in [0.15, 0.2) is 41.3 Å². The third kappa shape index (κ3) is 5.12. The molecule has 0 radical (unpaired) electrons. The lowest BCUT2D eigenvalue weighted by Gasteiger charge is -2.21. The second kappa shape index (κ2) is 9.29. The molecular formula is C20H26BN3O5S2. The van der Waals surface area contributed by atoms with Gasteiger partial charge in [-0.15, -0.1) is 0 Å². The Kier molecular flexibility index (Phi) is 6.68. The van der Waals surface area contributed by atoms with E-state index in [2.05, 4.69) is 9.44 Å². The van der Waals surface area contributed by atoms with Crippen molar-refractivity contribution in [3.8, 4) is 0 Å². The van der Waals surface area contributed by atoms with E-state index in [-0.39, 0.29) is 23.3 Å². The van der Waals surface area contributed by atoms with E-state index in [0.29, 0.717) is 22.4 Å². The van der Waals surface area contributed by atoms with Gasteiger partial charge in [0.1, 0.15) is 0 Å². The molecule has 1 saturated carbocycles. The molecule has 1 aliphatic carbocycles. The van der Waals surface area contributed by atoms with Gasteiger partial charge in [-0.25, -0.2) is 17.3 Å². The number of hydrogen-bond donors (Lipinski definition) is 4. The van der Waals surface area contributed by atoms with Crippen LogP contribution in [0.25, 0.3) is 0 Å². The molecule has 166 valence electrons. The van der Waals surface area contributed by atoms with E-state index < -0.39 is 28.1 Å². The highest BCUT2D eigenvalue weighted by Gasteiger charge is 2.28. The molecule has 0 saturated heterocycles. The van der Waals surface area contributed by atoms with Crippen molar-refractivity contribution in [3.63, 3.8) is 0 Å². The Balaban J connectivity index is 1.53. The maximum atomic E-state index is 13.1. The van der Waals surface area contributed by atoms with Gasteiger partial charge in [0.15, 0.2) is 0 Å². The van der Waals surface area contributed by atoms with Crippen molar-refractivity contribution >= 4 is 45.0 Å². The Labute approximate surface area is 185 Å². The molecule has 2 aromatic carbocycles. The summed E-state index contributed by atoms with van der Waals surface area (Å²) in [5, 5.41) is 9.97. The molecular weight excluding hydrogens is 437 g/mol. The van der Waals surface area contributed by atoms with E-state index in [4.69, 9.17) is 10.4 Å². The molecule has 0 amide bonds. The van der Waals surface area contributed by atoms with Crippen molar-refractivity contribution in [2.24, 2.45) is 0 Å². The summed E-state index contributed by atoms with van der Waals surface area (Å²) in [5.41, 5.74) is 8.45. The molecule has 5 N–H and O–H groups in total. The van der Waals surface area contributed by atoms with Crippen LogP contribution in [0.5, 0.6) is 0 Å². The third-order valence-corrected chi connectivity index (χ3v) is 8.68. The van der Waals surface area contributed by atoms with Gasteiger partial charge in [0.2, 0.25) is 0 Å². The van der Waals surface area contributed by atoms with E-state index in [1.807, 2.05) is 0 Å². The number of anilines is 2. The van der Waals surface area contributed by atoms with Gasteiger partial charge in [-0.3, -0.25) is 4.72 Å². The minimum atomic E-state index is -3.94. The first-order valence-corrected chi connectivity index (χ1v) is 13.0. The standard InChI is InChI=1S/C20H26BN3O5S2/c22-16-7-9-20(15(10-16)12-23-30(26)18-4-2-1-3-5-18)31(27,28)24-17-8-6-14-13-29-21(25)19(14)11-17/h6-11,18,23-25H,1-5,12-13,22H2. The fourth-order valence-corrected chi connectivity index (χ4v) is 6.60. The summed E-state index contributed by atoms with van der Waals surface area (Å²) in [7, 11) is -6.24. The van der Waals surface area contributed by atoms with Gasteiger partial charge in [0.05, 0.1) is 22.5 Å². The molecule has 8 nitrogen and oxygen atoms in total. The van der Waals surface area contributed by atoms with Crippen LogP contribution in [0.2, 0.25) is 0 Å². The molecule has 1 atom stereocenters. The second-order valence-corrected chi connectivity index (χ2v) is 11.1. The SMILES string of the molecule is Nc1ccc(S(=O)(=O)Nc2ccc3c(c2)B(O)OC3)c(CNS(=O)C2CCCCC2)c1. The highest BCUT2D eigenvalue weighted by atomic mass is 32.2. The van der Waals surface area contributed by atoms with Crippen LogP contribution >= 0.6 is 0 Å². The summed E-state index contributed by atoms with van der Waals surface area (Å²) in [4.78, 5) is 0.0622. The van der Waals surface area contributed by atoms with Crippen LogP contribution in [0.3, 0.4) is 0 Å². The van der Waals surface area contributed by atoms with E-state index in [0.717, 1.165) is 31.2 Å². The number of nitrogens with one attached hydrogen (secondary N) is 2. The van der Waals surface area contributed by atoms with Crippen molar-refractivity contribution in [1.82, 2.24) is 4.72 Å². The van der Waals surface area contributed by atoms with Gasteiger partial charge in [-0.2, -0.15) is 0 Å². The van der Waals surface area contributed by atoms with Crippen LogP contribution in [0, 0.1) is 0 Å². The smallest absolute Gasteiger partial charge is 0.423 e. The molecule has 11 heteroatoms. The van der Waals surface area contributed by atoms with Crippen LogP contribution in [-0.2, 0) is 38.8 Å². The largest absolute Gasteiger partial charge is 0.491 e. The van der Waals surface area contributed by atoms with Gasteiger partial charge in [0.25, 0.3) is 10.0 Å². The summed E-state index contributed by atoms with van der Waals surface area (Å²) in [6.07, 6.45) is 5.14. The Morgan fingerprint density at radius 3 is 2.71 bits per heavy atom. The highest BCUT2D eigenvalue weighted by Crippen LogP contribution is 2.25. The zero-order chi connectivity index (χ0) is 22.0. The van der Waals surface area contributed by atoms with Crippen molar-refractivity contribution in [2.75, 3.05) is 10.5 Å². The molecule has 0 aromatic heterocycles. The third-order valence-electron chi connectivity index (χ3n) is 5.69. The first kappa shape index (κ1) is 22.3. The maximum Gasteiger partial charge on any atom is 0.491 e. The Bertz CT molecular complexity index is 1090. The molecule has 0 spiro atoms. The number of benzene rings is 2. The Morgan fingerprint density at radius 1 is 1.16 bits per heavy atom.